The molecule has 1 unspecified atom stereocenters. The van der Waals surface area contributed by atoms with Crippen LogP contribution in [0.3, 0.4) is 0 Å². The van der Waals surface area contributed by atoms with Crippen LogP contribution in [-0.4, -0.2) is 0 Å². The minimum absolute atomic E-state index is 0.329. The van der Waals surface area contributed by atoms with Crippen molar-refractivity contribution in [2.75, 3.05) is 0 Å². The van der Waals surface area contributed by atoms with Gasteiger partial charge in [0.15, 0.2) is 0 Å². The van der Waals surface area contributed by atoms with Crippen LogP contribution in [0, 0.1) is 19.7 Å². The summed E-state index contributed by atoms with van der Waals surface area (Å²) < 4.78 is 13.4. The van der Waals surface area contributed by atoms with Crippen molar-refractivity contribution in [2.24, 2.45) is 5.84 Å². The molecule has 1 atom stereocenters. The van der Waals surface area contributed by atoms with Crippen LogP contribution in [0.25, 0.3) is 0 Å². The standard InChI is InChI=1S/C15H16ClFN2/c1-9-3-5-12(10(2)7-9)15(19-18)13-8-11(17)4-6-14(13)16/h3-8,15,19H,18H2,1-2H3. The lowest BCUT2D eigenvalue weighted by Crippen LogP contribution is -2.29. The highest BCUT2D eigenvalue weighted by Crippen LogP contribution is 2.30. The third-order valence-corrected chi connectivity index (χ3v) is 3.52. The van der Waals surface area contributed by atoms with Crippen molar-refractivity contribution in [2.45, 2.75) is 19.9 Å². The Morgan fingerprint density at radius 3 is 2.47 bits per heavy atom. The topological polar surface area (TPSA) is 38.0 Å². The molecule has 2 aromatic rings. The molecule has 2 nitrogen and oxygen atoms in total. The van der Waals surface area contributed by atoms with Crippen molar-refractivity contribution >= 4 is 11.6 Å². The molecular formula is C15H16ClFN2. The number of hydrazine groups is 1. The van der Waals surface area contributed by atoms with Crippen LogP contribution in [0.2, 0.25) is 5.02 Å². The molecule has 0 spiro atoms. The fraction of sp³-hybridized carbons (Fsp3) is 0.200. The number of nitrogens with one attached hydrogen (secondary N) is 1. The SMILES string of the molecule is Cc1ccc(C(NN)c2cc(F)ccc2Cl)c(C)c1. The van der Waals surface area contributed by atoms with Gasteiger partial charge in [-0.3, -0.25) is 5.84 Å². The molecule has 0 amide bonds. The summed E-state index contributed by atoms with van der Waals surface area (Å²) in [6.45, 7) is 4.02. The van der Waals surface area contributed by atoms with E-state index in [0.29, 0.717) is 10.6 Å². The lowest BCUT2D eigenvalue weighted by molar-refractivity contribution is 0.604. The summed E-state index contributed by atoms with van der Waals surface area (Å²) in [7, 11) is 0. The first-order valence-corrected chi connectivity index (χ1v) is 6.39. The number of rotatable bonds is 3. The summed E-state index contributed by atoms with van der Waals surface area (Å²) in [5, 5.41) is 0.490. The zero-order valence-corrected chi connectivity index (χ0v) is 11.6. The Morgan fingerprint density at radius 2 is 1.84 bits per heavy atom. The fourth-order valence-electron chi connectivity index (χ4n) is 2.23. The predicted molar refractivity (Wildman–Crippen MR) is 76.5 cm³/mol. The predicted octanol–water partition coefficient (Wildman–Crippen LogP) is 3.65. The molecule has 0 aliphatic heterocycles. The molecule has 2 rings (SSSR count). The monoisotopic (exact) mass is 278 g/mol. The van der Waals surface area contributed by atoms with Gasteiger partial charge in [-0.15, -0.1) is 0 Å². The second kappa shape index (κ2) is 5.70. The smallest absolute Gasteiger partial charge is 0.123 e. The van der Waals surface area contributed by atoms with E-state index < -0.39 is 0 Å². The van der Waals surface area contributed by atoms with Crippen molar-refractivity contribution in [3.63, 3.8) is 0 Å². The molecule has 0 fully saturated rings. The van der Waals surface area contributed by atoms with E-state index in [1.165, 1.54) is 17.7 Å². The first-order chi connectivity index (χ1) is 9.02. The minimum Gasteiger partial charge on any atom is -0.271 e. The molecule has 19 heavy (non-hydrogen) atoms. The van der Waals surface area contributed by atoms with Crippen molar-refractivity contribution in [1.29, 1.82) is 0 Å². The van der Waals surface area contributed by atoms with Gasteiger partial charge in [0.1, 0.15) is 5.82 Å². The number of hydrogen-bond acceptors (Lipinski definition) is 2. The van der Waals surface area contributed by atoms with Gasteiger partial charge in [0.2, 0.25) is 0 Å². The number of benzene rings is 2. The molecule has 0 aromatic heterocycles. The van der Waals surface area contributed by atoms with Gasteiger partial charge in [0.05, 0.1) is 6.04 Å². The van der Waals surface area contributed by atoms with E-state index in [1.807, 2.05) is 26.0 Å². The first kappa shape index (κ1) is 14.0. The number of nitrogens with two attached hydrogens (primary N) is 1. The number of hydrogen-bond donors (Lipinski definition) is 2. The Labute approximate surface area is 117 Å². The van der Waals surface area contributed by atoms with Crippen LogP contribution >= 0.6 is 11.6 Å². The Balaban J connectivity index is 2.52. The van der Waals surface area contributed by atoms with Gasteiger partial charge in [0, 0.05) is 5.02 Å². The van der Waals surface area contributed by atoms with E-state index >= 15 is 0 Å². The van der Waals surface area contributed by atoms with E-state index in [0.717, 1.165) is 11.1 Å². The summed E-state index contributed by atoms with van der Waals surface area (Å²) in [6.07, 6.45) is 0. The summed E-state index contributed by atoms with van der Waals surface area (Å²) >= 11 is 6.14. The highest BCUT2D eigenvalue weighted by Gasteiger charge is 2.18. The molecule has 0 saturated heterocycles. The first-order valence-electron chi connectivity index (χ1n) is 6.01. The van der Waals surface area contributed by atoms with Crippen LogP contribution in [0.5, 0.6) is 0 Å². The fourth-order valence-corrected chi connectivity index (χ4v) is 2.46. The zero-order valence-electron chi connectivity index (χ0n) is 10.9. The van der Waals surface area contributed by atoms with Gasteiger partial charge < -0.3 is 0 Å². The van der Waals surface area contributed by atoms with Crippen LogP contribution in [0.1, 0.15) is 28.3 Å². The molecule has 0 aliphatic rings. The largest absolute Gasteiger partial charge is 0.271 e. The summed E-state index contributed by atoms with van der Waals surface area (Å²) in [4.78, 5) is 0. The Morgan fingerprint density at radius 1 is 1.11 bits per heavy atom. The molecule has 100 valence electrons. The zero-order chi connectivity index (χ0) is 14.0. The van der Waals surface area contributed by atoms with Crippen molar-refractivity contribution in [3.05, 3.63) is 69.5 Å². The second-order valence-corrected chi connectivity index (χ2v) is 5.03. The maximum Gasteiger partial charge on any atom is 0.123 e. The van der Waals surface area contributed by atoms with E-state index in [-0.39, 0.29) is 11.9 Å². The van der Waals surface area contributed by atoms with Crippen molar-refractivity contribution in [3.8, 4) is 0 Å². The maximum atomic E-state index is 13.4. The van der Waals surface area contributed by atoms with Gasteiger partial charge in [0.25, 0.3) is 0 Å². The lowest BCUT2D eigenvalue weighted by Gasteiger charge is -2.20. The minimum atomic E-state index is -0.330. The molecule has 0 radical (unpaired) electrons. The van der Waals surface area contributed by atoms with Crippen LogP contribution < -0.4 is 11.3 Å². The van der Waals surface area contributed by atoms with Crippen molar-refractivity contribution in [1.82, 2.24) is 5.43 Å². The molecule has 4 heteroatoms. The molecule has 0 saturated carbocycles. The quantitative estimate of drug-likeness (QED) is 0.664. The molecule has 0 heterocycles. The van der Waals surface area contributed by atoms with Gasteiger partial charge in [-0.2, -0.15) is 0 Å². The van der Waals surface area contributed by atoms with Gasteiger partial charge >= 0.3 is 0 Å². The molecule has 2 aromatic carbocycles. The van der Waals surface area contributed by atoms with Gasteiger partial charge in [-0.25, -0.2) is 9.82 Å². The van der Waals surface area contributed by atoms with Gasteiger partial charge in [-0.1, -0.05) is 35.4 Å². The Bertz CT molecular complexity index is 599. The molecule has 0 aliphatic carbocycles. The lowest BCUT2D eigenvalue weighted by atomic mass is 9.94. The number of halogens is 2. The van der Waals surface area contributed by atoms with E-state index in [4.69, 9.17) is 17.4 Å². The normalized spacial score (nSPS) is 12.5. The molecule has 0 bridgehead atoms. The van der Waals surface area contributed by atoms with Crippen LogP contribution in [-0.2, 0) is 0 Å². The average Bonchev–Trinajstić information content (AvgIpc) is 2.36. The third-order valence-electron chi connectivity index (χ3n) is 3.17. The third kappa shape index (κ3) is 2.95. The average molecular weight is 279 g/mol. The molecule has 3 N–H and O–H groups in total. The van der Waals surface area contributed by atoms with E-state index in [1.54, 1.807) is 6.07 Å². The van der Waals surface area contributed by atoms with Crippen LogP contribution in [0.4, 0.5) is 4.39 Å². The summed E-state index contributed by atoms with van der Waals surface area (Å²) in [5.74, 6) is 5.30. The Hall–Kier alpha value is -1.42. The highest BCUT2D eigenvalue weighted by atomic mass is 35.5. The summed E-state index contributed by atoms with van der Waals surface area (Å²) in [5.41, 5.74) is 6.59. The molecular weight excluding hydrogens is 263 g/mol. The van der Waals surface area contributed by atoms with E-state index in [9.17, 15) is 4.39 Å². The highest BCUT2D eigenvalue weighted by molar-refractivity contribution is 6.31. The Kier molecular flexibility index (Phi) is 4.20. The maximum absolute atomic E-state index is 13.4. The van der Waals surface area contributed by atoms with Crippen molar-refractivity contribution < 1.29 is 4.39 Å². The second-order valence-electron chi connectivity index (χ2n) is 4.63. The van der Waals surface area contributed by atoms with Crippen LogP contribution in [0.15, 0.2) is 36.4 Å². The van der Waals surface area contributed by atoms with Gasteiger partial charge in [-0.05, 0) is 48.7 Å². The van der Waals surface area contributed by atoms with E-state index in [2.05, 4.69) is 11.5 Å². The summed E-state index contributed by atoms with van der Waals surface area (Å²) in [6, 6.07) is 10.0. The number of aryl methyl sites for hydroxylation is 2.